The van der Waals surface area contributed by atoms with Gasteiger partial charge < -0.3 is 10.1 Å². The minimum absolute atomic E-state index is 0.207. The van der Waals surface area contributed by atoms with E-state index in [1.165, 1.54) is 25.7 Å². The van der Waals surface area contributed by atoms with Gasteiger partial charge in [-0.15, -0.1) is 0 Å². The summed E-state index contributed by atoms with van der Waals surface area (Å²) in [6.45, 7) is 6.10. The maximum absolute atomic E-state index is 12.2. The van der Waals surface area contributed by atoms with Gasteiger partial charge in [0.05, 0.1) is 17.6 Å². The van der Waals surface area contributed by atoms with E-state index in [9.17, 15) is 8.42 Å². The number of methoxy groups -OCH3 is 1. The third kappa shape index (κ3) is 3.99. The van der Waals surface area contributed by atoms with Crippen molar-refractivity contribution in [3.63, 3.8) is 0 Å². The molecule has 0 radical (unpaired) electrons. The molecular weight excluding hydrogens is 286 g/mol. The van der Waals surface area contributed by atoms with Crippen molar-refractivity contribution in [1.82, 2.24) is 5.32 Å². The van der Waals surface area contributed by atoms with Crippen molar-refractivity contribution >= 4 is 9.84 Å². The molecule has 3 unspecified atom stereocenters. The van der Waals surface area contributed by atoms with E-state index in [1.807, 2.05) is 0 Å². The third-order valence-corrected chi connectivity index (χ3v) is 7.87. The number of fused-ring (bicyclic) bond motifs is 2. The van der Waals surface area contributed by atoms with Gasteiger partial charge in [0, 0.05) is 20.2 Å². The lowest BCUT2D eigenvalue weighted by atomic mass is 9.71. The second-order valence-corrected chi connectivity index (χ2v) is 9.95. The lowest BCUT2D eigenvalue weighted by molar-refractivity contribution is 0.141. The van der Waals surface area contributed by atoms with Gasteiger partial charge >= 0.3 is 0 Å². The Hall–Kier alpha value is -0.130. The summed E-state index contributed by atoms with van der Waals surface area (Å²) in [5, 5.41) is 3.24. The summed E-state index contributed by atoms with van der Waals surface area (Å²) in [6.07, 6.45) is 5.99. The minimum atomic E-state index is -2.93. The van der Waals surface area contributed by atoms with E-state index in [4.69, 9.17) is 4.74 Å². The van der Waals surface area contributed by atoms with E-state index in [1.54, 1.807) is 21.0 Å². The molecule has 2 fully saturated rings. The lowest BCUT2D eigenvalue weighted by Gasteiger charge is -2.38. The number of sulfone groups is 1. The molecule has 0 aliphatic heterocycles. The molecule has 0 spiro atoms. The fourth-order valence-electron chi connectivity index (χ4n) is 4.26. The number of ether oxygens (including phenoxy) is 1. The monoisotopic (exact) mass is 317 g/mol. The third-order valence-electron chi connectivity index (χ3n) is 5.67. The standard InChI is InChI=1S/C16H31NO3S/c1-13(2)21(18,19)9-6-16(12-17-7-8-20-3)11-14-4-5-15(16)10-14/h13-15,17H,4-12H2,1-3H3. The molecule has 21 heavy (non-hydrogen) atoms. The number of rotatable bonds is 9. The van der Waals surface area contributed by atoms with E-state index in [-0.39, 0.29) is 10.7 Å². The molecule has 2 saturated carbocycles. The Bertz CT molecular complexity index is 435. The Morgan fingerprint density at radius 1 is 1.33 bits per heavy atom. The molecule has 2 aliphatic carbocycles. The highest BCUT2D eigenvalue weighted by Crippen LogP contribution is 2.57. The first kappa shape index (κ1) is 17.2. The second-order valence-electron chi connectivity index (χ2n) is 7.28. The van der Waals surface area contributed by atoms with Crippen molar-refractivity contribution in [2.24, 2.45) is 17.3 Å². The van der Waals surface area contributed by atoms with Gasteiger partial charge in [-0.25, -0.2) is 8.42 Å². The van der Waals surface area contributed by atoms with Crippen molar-refractivity contribution in [3.05, 3.63) is 0 Å². The van der Waals surface area contributed by atoms with Crippen LogP contribution in [0.5, 0.6) is 0 Å². The SMILES string of the molecule is COCCNCC1(CCS(=O)(=O)C(C)C)CC2CCC1C2. The summed E-state index contributed by atoms with van der Waals surface area (Å²) in [4.78, 5) is 0. The van der Waals surface area contributed by atoms with Gasteiger partial charge in [-0.1, -0.05) is 6.42 Å². The molecule has 2 bridgehead atoms. The van der Waals surface area contributed by atoms with E-state index in [2.05, 4.69) is 5.32 Å². The van der Waals surface area contributed by atoms with Gasteiger partial charge in [0.15, 0.2) is 9.84 Å². The van der Waals surface area contributed by atoms with E-state index >= 15 is 0 Å². The molecule has 0 aromatic heterocycles. The van der Waals surface area contributed by atoms with Crippen LogP contribution in [0.2, 0.25) is 0 Å². The average Bonchev–Trinajstić information content (AvgIpc) is 3.02. The molecule has 0 aromatic carbocycles. The van der Waals surface area contributed by atoms with Crippen molar-refractivity contribution in [3.8, 4) is 0 Å². The fourth-order valence-corrected chi connectivity index (χ4v) is 5.42. The summed E-state index contributed by atoms with van der Waals surface area (Å²) in [5.74, 6) is 1.90. The zero-order chi connectivity index (χ0) is 15.5. The maximum atomic E-state index is 12.2. The quantitative estimate of drug-likeness (QED) is 0.663. The smallest absolute Gasteiger partial charge is 0.152 e. The molecule has 0 amide bonds. The molecule has 0 saturated heterocycles. The highest BCUT2D eigenvalue weighted by Gasteiger charge is 2.50. The molecule has 0 heterocycles. The van der Waals surface area contributed by atoms with Gasteiger partial charge in [-0.05, 0) is 56.8 Å². The first-order valence-electron chi connectivity index (χ1n) is 8.31. The van der Waals surface area contributed by atoms with Crippen LogP contribution in [0.1, 0.15) is 46.0 Å². The van der Waals surface area contributed by atoms with Crippen LogP contribution in [-0.2, 0) is 14.6 Å². The van der Waals surface area contributed by atoms with Crippen molar-refractivity contribution in [2.75, 3.05) is 32.6 Å². The van der Waals surface area contributed by atoms with E-state index in [0.717, 1.165) is 31.3 Å². The van der Waals surface area contributed by atoms with Gasteiger partial charge in [-0.2, -0.15) is 0 Å². The summed E-state index contributed by atoms with van der Waals surface area (Å²) in [7, 11) is -1.22. The van der Waals surface area contributed by atoms with Crippen LogP contribution in [0, 0.1) is 17.3 Å². The van der Waals surface area contributed by atoms with Crippen LogP contribution in [0.15, 0.2) is 0 Å². The van der Waals surface area contributed by atoms with Gasteiger partial charge in [0.1, 0.15) is 0 Å². The largest absolute Gasteiger partial charge is 0.383 e. The number of nitrogens with one attached hydrogen (secondary N) is 1. The molecule has 0 aromatic rings. The Morgan fingerprint density at radius 3 is 2.62 bits per heavy atom. The Labute approximate surface area is 129 Å². The van der Waals surface area contributed by atoms with Crippen LogP contribution < -0.4 is 5.32 Å². The van der Waals surface area contributed by atoms with Gasteiger partial charge in [0.2, 0.25) is 0 Å². The van der Waals surface area contributed by atoms with Crippen LogP contribution in [-0.4, -0.2) is 46.2 Å². The van der Waals surface area contributed by atoms with Crippen LogP contribution in [0.25, 0.3) is 0 Å². The average molecular weight is 317 g/mol. The predicted octanol–water partition coefficient (Wildman–Crippen LogP) is 2.24. The lowest BCUT2D eigenvalue weighted by Crippen LogP contribution is -2.41. The van der Waals surface area contributed by atoms with Crippen LogP contribution in [0.3, 0.4) is 0 Å². The summed E-state index contributed by atoms with van der Waals surface area (Å²) in [6, 6.07) is 0. The van der Waals surface area contributed by atoms with Crippen molar-refractivity contribution in [2.45, 2.75) is 51.2 Å². The highest BCUT2D eigenvalue weighted by molar-refractivity contribution is 7.91. The van der Waals surface area contributed by atoms with Crippen LogP contribution >= 0.6 is 0 Å². The molecular formula is C16H31NO3S. The maximum Gasteiger partial charge on any atom is 0.152 e. The first-order chi connectivity index (χ1) is 9.89. The summed E-state index contributed by atoms with van der Waals surface area (Å²) >= 11 is 0. The Kier molecular flexibility index (Phi) is 5.71. The van der Waals surface area contributed by atoms with Crippen molar-refractivity contribution < 1.29 is 13.2 Å². The molecule has 3 atom stereocenters. The first-order valence-corrected chi connectivity index (χ1v) is 10.0. The summed E-state index contributed by atoms with van der Waals surface area (Å²) in [5.41, 5.74) is 0.207. The molecule has 1 N–H and O–H groups in total. The van der Waals surface area contributed by atoms with Crippen molar-refractivity contribution in [1.29, 1.82) is 0 Å². The second kappa shape index (κ2) is 6.97. The number of hydrogen-bond donors (Lipinski definition) is 1. The predicted molar refractivity (Wildman–Crippen MR) is 86.2 cm³/mol. The molecule has 2 aliphatic rings. The molecule has 2 rings (SSSR count). The number of hydrogen-bond acceptors (Lipinski definition) is 4. The molecule has 124 valence electrons. The topological polar surface area (TPSA) is 55.4 Å². The normalized spacial score (nSPS) is 32.2. The minimum Gasteiger partial charge on any atom is -0.383 e. The highest BCUT2D eigenvalue weighted by atomic mass is 32.2. The van der Waals surface area contributed by atoms with Gasteiger partial charge in [0.25, 0.3) is 0 Å². The van der Waals surface area contributed by atoms with Crippen LogP contribution in [0.4, 0.5) is 0 Å². The van der Waals surface area contributed by atoms with E-state index in [0.29, 0.717) is 12.4 Å². The molecule has 4 nitrogen and oxygen atoms in total. The Balaban J connectivity index is 1.97. The summed E-state index contributed by atoms with van der Waals surface area (Å²) < 4.78 is 29.4. The van der Waals surface area contributed by atoms with E-state index < -0.39 is 9.84 Å². The van der Waals surface area contributed by atoms with Gasteiger partial charge in [-0.3, -0.25) is 0 Å². The Morgan fingerprint density at radius 2 is 2.10 bits per heavy atom. The molecule has 5 heteroatoms. The zero-order valence-corrected chi connectivity index (χ0v) is 14.5. The fraction of sp³-hybridized carbons (Fsp3) is 1.00. The zero-order valence-electron chi connectivity index (χ0n) is 13.7.